The van der Waals surface area contributed by atoms with Crippen LogP contribution in [0.4, 0.5) is 0 Å². The molecule has 3 nitrogen and oxygen atoms in total. The molecular weight excluding hydrogens is 200 g/mol. The molecule has 0 aromatic carbocycles. The van der Waals surface area contributed by atoms with Gasteiger partial charge in [-0.15, -0.1) is 0 Å². The molecule has 0 heterocycles. The highest BCUT2D eigenvalue weighted by Gasteiger charge is 2.36. The maximum absolute atomic E-state index is 12.3. The van der Waals surface area contributed by atoms with E-state index < -0.39 is 5.54 Å². The third kappa shape index (κ3) is 2.97. The van der Waals surface area contributed by atoms with E-state index in [0.29, 0.717) is 0 Å². The first-order valence-corrected chi connectivity index (χ1v) is 6.61. The van der Waals surface area contributed by atoms with Crippen LogP contribution in [0.25, 0.3) is 0 Å². The summed E-state index contributed by atoms with van der Waals surface area (Å²) in [5.41, 5.74) is 5.40. The Kier molecular flexibility index (Phi) is 3.24. The van der Waals surface area contributed by atoms with E-state index in [0.717, 1.165) is 31.3 Å². The highest BCUT2D eigenvalue weighted by Crippen LogP contribution is 2.34. The fourth-order valence-corrected chi connectivity index (χ4v) is 1.98. The minimum atomic E-state index is -0.663. The van der Waals surface area contributed by atoms with Gasteiger partial charge in [-0.3, -0.25) is 4.79 Å². The van der Waals surface area contributed by atoms with Gasteiger partial charge in [0, 0.05) is 13.1 Å². The molecule has 2 rings (SSSR count). The van der Waals surface area contributed by atoms with Crippen molar-refractivity contribution in [1.29, 1.82) is 0 Å². The first-order valence-electron chi connectivity index (χ1n) is 6.61. The number of nitrogens with zero attached hydrogens (tertiary/aromatic N) is 1. The maximum atomic E-state index is 12.3. The number of hydrogen-bond acceptors (Lipinski definition) is 2. The van der Waals surface area contributed by atoms with E-state index in [9.17, 15) is 4.79 Å². The Bertz CT molecular complexity index is 253. The highest BCUT2D eigenvalue weighted by atomic mass is 16.2. The molecule has 0 aromatic rings. The molecule has 0 radical (unpaired) electrons. The number of carbonyl (C=O) groups is 1. The monoisotopic (exact) mass is 224 g/mol. The Hall–Kier alpha value is -0.570. The average molecular weight is 224 g/mol. The zero-order chi connectivity index (χ0) is 11.8. The lowest BCUT2D eigenvalue weighted by molar-refractivity contribution is -0.137. The summed E-state index contributed by atoms with van der Waals surface area (Å²) < 4.78 is 0. The van der Waals surface area contributed by atoms with E-state index in [4.69, 9.17) is 5.73 Å². The second kappa shape index (κ2) is 4.36. The molecule has 2 saturated carbocycles. The van der Waals surface area contributed by atoms with E-state index in [2.05, 4.69) is 0 Å². The van der Waals surface area contributed by atoms with E-state index in [1.807, 2.05) is 18.7 Å². The highest BCUT2D eigenvalue weighted by molar-refractivity contribution is 5.85. The van der Waals surface area contributed by atoms with E-state index >= 15 is 0 Å². The molecule has 0 aliphatic heterocycles. The largest absolute Gasteiger partial charge is 0.341 e. The summed E-state index contributed by atoms with van der Waals surface area (Å²) in [5.74, 6) is 1.68. The second-order valence-corrected chi connectivity index (χ2v) is 5.87. The number of carbonyl (C=O) groups excluding carboxylic acids is 1. The fourth-order valence-electron chi connectivity index (χ4n) is 1.98. The van der Waals surface area contributed by atoms with Crippen LogP contribution < -0.4 is 5.73 Å². The van der Waals surface area contributed by atoms with E-state index in [-0.39, 0.29) is 5.91 Å². The average Bonchev–Trinajstić information content (AvgIpc) is 3.09. The Labute approximate surface area is 98.4 Å². The third-order valence-electron chi connectivity index (χ3n) is 3.86. The van der Waals surface area contributed by atoms with Crippen LogP contribution >= 0.6 is 0 Å². The first kappa shape index (κ1) is 11.9. The number of rotatable bonds is 6. The van der Waals surface area contributed by atoms with Crippen molar-refractivity contribution < 1.29 is 4.79 Å². The molecule has 92 valence electrons. The van der Waals surface area contributed by atoms with Crippen molar-refractivity contribution in [2.75, 3.05) is 13.1 Å². The summed E-state index contributed by atoms with van der Waals surface area (Å²) in [6, 6.07) is 0. The third-order valence-corrected chi connectivity index (χ3v) is 3.86. The molecule has 0 saturated heterocycles. The SMILES string of the molecule is CCC(C)(N)C(=O)N(CC1CC1)CC1CC1. The van der Waals surface area contributed by atoms with Crippen molar-refractivity contribution in [2.24, 2.45) is 17.6 Å². The molecule has 0 bridgehead atoms. The van der Waals surface area contributed by atoms with Crippen LogP contribution in [0.3, 0.4) is 0 Å². The first-order chi connectivity index (χ1) is 7.53. The van der Waals surface area contributed by atoms with Crippen LogP contribution in [0.15, 0.2) is 0 Å². The molecule has 1 amide bonds. The lowest BCUT2D eigenvalue weighted by atomic mass is 9.98. The molecule has 0 spiro atoms. The van der Waals surface area contributed by atoms with Crippen molar-refractivity contribution in [3.8, 4) is 0 Å². The van der Waals surface area contributed by atoms with Gasteiger partial charge >= 0.3 is 0 Å². The van der Waals surface area contributed by atoms with Gasteiger partial charge < -0.3 is 10.6 Å². The van der Waals surface area contributed by atoms with Crippen LogP contribution in [0.5, 0.6) is 0 Å². The van der Waals surface area contributed by atoms with Crippen molar-refractivity contribution in [3.05, 3.63) is 0 Å². The fraction of sp³-hybridized carbons (Fsp3) is 0.923. The smallest absolute Gasteiger partial charge is 0.242 e. The number of amides is 1. The lowest BCUT2D eigenvalue weighted by Crippen LogP contribution is -2.53. The number of hydrogen-bond donors (Lipinski definition) is 1. The van der Waals surface area contributed by atoms with Crippen molar-refractivity contribution >= 4 is 5.91 Å². The van der Waals surface area contributed by atoms with Gasteiger partial charge in [0.1, 0.15) is 0 Å². The Morgan fingerprint density at radius 1 is 1.25 bits per heavy atom. The standard InChI is InChI=1S/C13H24N2O/c1-3-13(2,14)12(16)15(8-10-4-5-10)9-11-6-7-11/h10-11H,3-9,14H2,1-2H3. The van der Waals surface area contributed by atoms with Gasteiger partial charge in [0.25, 0.3) is 0 Å². The van der Waals surface area contributed by atoms with Crippen molar-refractivity contribution in [3.63, 3.8) is 0 Å². The minimum Gasteiger partial charge on any atom is -0.341 e. The Balaban J connectivity index is 1.94. The quantitative estimate of drug-likeness (QED) is 0.747. The van der Waals surface area contributed by atoms with Crippen molar-refractivity contribution in [2.45, 2.75) is 51.5 Å². The van der Waals surface area contributed by atoms with Crippen LogP contribution in [0, 0.1) is 11.8 Å². The summed E-state index contributed by atoms with van der Waals surface area (Å²) in [4.78, 5) is 14.4. The van der Waals surface area contributed by atoms with E-state index in [1.54, 1.807) is 0 Å². The molecule has 2 aliphatic carbocycles. The lowest BCUT2D eigenvalue weighted by Gasteiger charge is -2.31. The van der Waals surface area contributed by atoms with E-state index in [1.165, 1.54) is 25.7 Å². The van der Waals surface area contributed by atoms with Gasteiger partial charge in [0.05, 0.1) is 5.54 Å². The molecule has 16 heavy (non-hydrogen) atoms. The molecule has 2 fully saturated rings. The molecule has 2 N–H and O–H groups in total. The van der Waals surface area contributed by atoms with Gasteiger partial charge in [-0.1, -0.05) is 6.92 Å². The van der Waals surface area contributed by atoms with Gasteiger partial charge in [-0.25, -0.2) is 0 Å². The van der Waals surface area contributed by atoms with Gasteiger partial charge in [0.2, 0.25) is 5.91 Å². The van der Waals surface area contributed by atoms with Crippen LogP contribution in [-0.4, -0.2) is 29.4 Å². The summed E-state index contributed by atoms with van der Waals surface area (Å²) >= 11 is 0. The van der Waals surface area contributed by atoms with Gasteiger partial charge in [0.15, 0.2) is 0 Å². The summed E-state index contributed by atoms with van der Waals surface area (Å²) in [5, 5.41) is 0. The summed E-state index contributed by atoms with van der Waals surface area (Å²) in [7, 11) is 0. The Morgan fingerprint density at radius 3 is 2.00 bits per heavy atom. The molecule has 1 unspecified atom stereocenters. The predicted molar refractivity (Wildman–Crippen MR) is 64.9 cm³/mol. The Morgan fingerprint density at radius 2 is 1.69 bits per heavy atom. The second-order valence-electron chi connectivity index (χ2n) is 5.87. The van der Waals surface area contributed by atoms with Crippen LogP contribution in [-0.2, 0) is 4.79 Å². The van der Waals surface area contributed by atoms with Crippen LogP contribution in [0.1, 0.15) is 46.0 Å². The molecule has 0 aromatic heterocycles. The van der Waals surface area contributed by atoms with Gasteiger partial charge in [-0.05, 0) is 50.9 Å². The van der Waals surface area contributed by atoms with Crippen LogP contribution in [0.2, 0.25) is 0 Å². The number of nitrogens with two attached hydrogens (primary N) is 1. The maximum Gasteiger partial charge on any atom is 0.242 e. The molecular formula is C13H24N2O. The minimum absolute atomic E-state index is 0.161. The summed E-state index contributed by atoms with van der Waals surface area (Å²) in [6.45, 7) is 5.75. The molecule has 2 aliphatic rings. The van der Waals surface area contributed by atoms with Crippen molar-refractivity contribution in [1.82, 2.24) is 4.90 Å². The molecule has 3 heteroatoms. The molecule has 1 atom stereocenters. The summed E-state index contributed by atoms with van der Waals surface area (Å²) in [6.07, 6.45) is 5.89. The normalized spacial score (nSPS) is 23.9. The topological polar surface area (TPSA) is 46.3 Å². The zero-order valence-electron chi connectivity index (χ0n) is 10.5. The zero-order valence-corrected chi connectivity index (χ0v) is 10.5. The predicted octanol–water partition coefficient (Wildman–Crippen LogP) is 1.76. The van der Waals surface area contributed by atoms with Gasteiger partial charge in [-0.2, -0.15) is 0 Å².